The predicted octanol–water partition coefficient (Wildman–Crippen LogP) is 4.34. The van der Waals surface area contributed by atoms with Crippen molar-refractivity contribution in [3.05, 3.63) is 76.6 Å². The third-order valence-corrected chi connectivity index (χ3v) is 5.52. The number of thiazole rings is 1. The molecule has 1 N–H and O–H groups in total. The molecule has 0 unspecified atom stereocenters. The molecule has 0 bridgehead atoms. The van der Waals surface area contributed by atoms with E-state index in [9.17, 15) is 4.79 Å². The fourth-order valence-electron chi connectivity index (χ4n) is 2.91. The summed E-state index contributed by atoms with van der Waals surface area (Å²) in [5.41, 5.74) is 6.02. The average Bonchev–Trinajstić information content (AvgIpc) is 3.18. The smallest absolute Gasteiger partial charge is 0.251 e. The summed E-state index contributed by atoms with van der Waals surface area (Å²) in [6.45, 7) is 4.39. The summed E-state index contributed by atoms with van der Waals surface area (Å²) in [6, 6.07) is 15.5. The summed E-state index contributed by atoms with van der Waals surface area (Å²) >= 11 is 1.62. The lowest BCUT2D eigenvalue weighted by molar-refractivity contribution is 0.0954. The normalized spacial score (nSPS) is 10.9. The number of hydrogen-bond acceptors (Lipinski definition) is 5. The van der Waals surface area contributed by atoms with Gasteiger partial charge in [0.05, 0.1) is 28.1 Å². The van der Waals surface area contributed by atoms with Crippen molar-refractivity contribution in [3.63, 3.8) is 0 Å². The Morgan fingerprint density at radius 1 is 0.964 bits per heavy atom. The van der Waals surface area contributed by atoms with Crippen LogP contribution in [0.2, 0.25) is 0 Å². The Morgan fingerprint density at radius 3 is 2.50 bits per heavy atom. The summed E-state index contributed by atoms with van der Waals surface area (Å²) in [6.07, 6.45) is 0.695. The van der Waals surface area contributed by atoms with Crippen LogP contribution in [0.15, 0.2) is 53.9 Å². The molecule has 0 spiro atoms. The van der Waals surface area contributed by atoms with E-state index >= 15 is 0 Å². The number of rotatable bonds is 5. The molecule has 28 heavy (non-hydrogen) atoms. The average molecular weight is 388 g/mol. The highest BCUT2D eigenvalue weighted by atomic mass is 32.1. The van der Waals surface area contributed by atoms with Crippen LogP contribution in [0, 0.1) is 13.8 Å². The Hall–Kier alpha value is -3.12. The zero-order valence-electron chi connectivity index (χ0n) is 15.8. The van der Waals surface area contributed by atoms with Crippen molar-refractivity contribution in [3.8, 4) is 10.6 Å². The fraction of sp³-hybridized carbons (Fsp3) is 0.182. The van der Waals surface area contributed by atoms with Crippen LogP contribution in [0.1, 0.15) is 27.4 Å². The first-order chi connectivity index (χ1) is 13.6. The van der Waals surface area contributed by atoms with Crippen molar-refractivity contribution in [2.45, 2.75) is 20.3 Å². The number of nitrogens with one attached hydrogen (secondary N) is 1. The monoisotopic (exact) mass is 388 g/mol. The number of fused-ring (bicyclic) bond motifs is 1. The Labute approximate surface area is 167 Å². The van der Waals surface area contributed by atoms with Crippen LogP contribution < -0.4 is 5.32 Å². The van der Waals surface area contributed by atoms with Crippen molar-refractivity contribution in [2.75, 3.05) is 6.54 Å². The Bertz CT molecular complexity index is 1140. The fourth-order valence-corrected chi connectivity index (χ4v) is 3.77. The number of aromatic nitrogens is 3. The van der Waals surface area contributed by atoms with Crippen LogP contribution in [-0.4, -0.2) is 27.4 Å². The molecule has 4 aromatic rings. The molecule has 0 saturated heterocycles. The van der Waals surface area contributed by atoms with Crippen LogP contribution in [0.25, 0.3) is 21.6 Å². The molecule has 2 aromatic carbocycles. The molecule has 0 aliphatic rings. The van der Waals surface area contributed by atoms with E-state index in [1.807, 2.05) is 43.5 Å². The summed E-state index contributed by atoms with van der Waals surface area (Å²) in [4.78, 5) is 26.2. The number of amides is 1. The Balaban J connectivity index is 1.39. The minimum atomic E-state index is -0.111. The molecule has 6 heteroatoms. The molecule has 0 radical (unpaired) electrons. The van der Waals surface area contributed by atoms with Crippen LogP contribution in [0.3, 0.4) is 0 Å². The second kappa shape index (κ2) is 7.86. The van der Waals surface area contributed by atoms with Crippen molar-refractivity contribution in [2.24, 2.45) is 0 Å². The SMILES string of the molecule is Cc1nc2ccc(C(=O)NCCc3csc(-c4ccccc4)n3)cc2nc1C. The van der Waals surface area contributed by atoms with Gasteiger partial charge >= 0.3 is 0 Å². The van der Waals surface area contributed by atoms with Crippen LogP contribution in [-0.2, 0) is 6.42 Å². The Morgan fingerprint density at radius 2 is 1.71 bits per heavy atom. The van der Waals surface area contributed by atoms with E-state index < -0.39 is 0 Å². The standard InChI is InChI=1S/C22H20N4OS/c1-14-15(2)25-20-12-17(8-9-19(20)24-14)21(27)23-11-10-18-13-28-22(26-18)16-6-4-3-5-7-16/h3-9,12-13H,10-11H2,1-2H3,(H,23,27). The maximum atomic E-state index is 12.5. The van der Waals surface area contributed by atoms with E-state index in [0.717, 1.165) is 38.7 Å². The molecule has 2 heterocycles. The highest BCUT2D eigenvalue weighted by Gasteiger charge is 2.09. The van der Waals surface area contributed by atoms with Gasteiger partial charge in [-0.05, 0) is 32.0 Å². The highest BCUT2D eigenvalue weighted by Crippen LogP contribution is 2.23. The molecule has 2 aromatic heterocycles. The lowest BCUT2D eigenvalue weighted by Gasteiger charge is -2.06. The zero-order valence-corrected chi connectivity index (χ0v) is 16.6. The third-order valence-electron chi connectivity index (χ3n) is 4.58. The van der Waals surface area contributed by atoms with Crippen molar-refractivity contribution in [1.82, 2.24) is 20.3 Å². The first kappa shape index (κ1) is 18.3. The molecule has 0 atom stereocenters. The van der Waals surface area contributed by atoms with Gasteiger partial charge in [0.2, 0.25) is 0 Å². The van der Waals surface area contributed by atoms with E-state index in [1.54, 1.807) is 23.5 Å². The van der Waals surface area contributed by atoms with Gasteiger partial charge in [-0.1, -0.05) is 30.3 Å². The third kappa shape index (κ3) is 3.92. The van der Waals surface area contributed by atoms with Gasteiger partial charge in [0.1, 0.15) is 5.01 Å². The highest BCUT2D eigenvalue weighted by molar-refractivity contribution is 7.13. The summed E-state index contributed by atoms with van der Waals surface area (Å²) in [5, 5.41) is 6.01. The summed E-state index contributed by atoms with van der Waals surface area (Å²) < 4.78 is 0. The molecule has 0 aliphatic heterocycles. The number of carbonyl (C=O) groups excluding carboxylic acids is 1. The lowest BCUT2D eigenvalue weighted by Crippen LogP contribution is -2.25. The molecule has 140 valence electrons. The molecule has 5 nitrogen and oxygen atoms in total. The van der Waals surface area contributed by atoms with Gasteiger partial charge in [0.25, 0.3) is 5.91 Å². The number of aryl methyl sites for hydroxylation is 2. The van der Waals surface area contributed by atoms with Gasteiger partial charge in [0, 0.05) is 29.5 Å². The zero-order chi connectivity index (χ0) is 19.5. The van der Waals surface area contributed by atoms with Crippen molar-refractivity contribution >= 4 is 28.3 Å². The van der Waals surface area contributed by atoms with Crippen molar-refractivity contribution < 1.29 is 4.79 Å². The van der Waals surface area contributed by atoms with Gasteiger partial charge in [0.15, 0.2) is 0 Å². The van der Waals surface area contributed by atoms with Crippen molar-refractivity contribution in [1.29, 1.82) is 0 Å². The van der Waals surface area contributed by atoms with Crippen LogP contribution >= 0.6 is 11.3 Å². The number of benzene rings is 2. The topological polar surface area (TPSA) is 67.8 Å². The lowest BCUT2D eigenvalue weighted by atomic mass is 10.1. The maximum Gasteiger partial charge on any atom is 0.251 e. The predicted molar refractivity (Wildman–Crippen MR) is 113 cm³/mol. The van der Waals surface area contributed by atoms with E-state index in [-0.39, 0.29) is 5.91 Å². The van der Waals surface area contributed by atoms with Gasteiger partial charge in [-0.15, -0.1) is 11.3 Å². The molecular formula is C22H20N4OS. The van der Waals surface area contributed by atoms with E-state index in [0.29, 0.717) is 18.5 Å². The quantitative estimate of drug-likeness (QED) is 0.552. The van der Waals surface area contributed by atoms with E-state index in [4.69, 9.17) is 0 Å². The van der Waals surface area contributed by atoms with Gasteiger partial charge < -0.3 is 5.32 Å². The molecule has 1 amide bonds. The molecule has 0 saturated carbocycles. The Kier molecular flexibility index (Phi) is 5.12. The molecular weight excluding hydrogens is 368 g/mol. The summed E-state index contributed by atoms with van der Waals surface area (Å²) in [7, 11) is 0. The summed E-state index contributed by atoms with van der Waals surface area (Å²) in [5.74, 6) is -0.111. The second-order valence-electron chi connectivity index (χ2n) is 6.61. The largest absolute Gasteiger partial charge is 0.352 e. The first-order valence-corrected chi connectivity index (χ1v) is 10.0. The van der Waals surface area contributed by atoms with Crippen LogP contribution in [0.4, 0.5) is 0 Å². The first-order valence-electron chi connectivity index (χ1n) is 9.13. The number of carbonyl (C=O) groups is 1. The van der Waals surface area contributed by atoms with Gasteiger partial charge in [-0.2, -0.15) is 0 Å². The van der Waals surface area contributed by atoms with E-state index in [2.05, 4.69) is 32.4 Å². The van der Waals surface area contributed by atoms with Gasteiger partial charge in [-0.25, -0.2) is 15.0 Å². The number of nitrogens with zero attached hydrogens (tertiary/aromatic N) is 3. The number of hydrogen-bond donors (Lipinski definition) is 1. The maximum absolute atomic E-state index is 12.5. The van der Waals surface area contributed by atoms with E-state index in [1.165, 1.54) is 0 Å². The van der Waals surface area contributed by atoms with Crippen LogP contribution in [0.5, 0.6) is 0 Å². The molecule has 4 rings (SSSR count). The molecule has 0 aliphatic carbocycles. The van der Waals surface area contributed by atoms with Gasteiger partial charge in [-0.3, -0.25) is 4.79 Å². The minimum absolute atomic E-state index is 0.111. The molecule has 0 fully saturated rings. The second-order valence-corrected chi connectivity index (χ2v) is 7.47. The minimum Gasteiger partial charge on any atom is -0.352 e.